The molecule has 0 spiro atoms. The summed E-state index contributed by atoms with van der Waals surface area (Å²) in [7, 11) is 3.49. The third-order valence-corrected chi connectivity index (χ3v) is 2.60. The predicted molar refractivity (Wildman–Crippen MR) is 65.5 cm³/mol. The highest BCUT2D eigenvalue weighted by Crippen LogP contribution is 2.23. The van der Waals surface area contributed by atoms with Gasteiger partial charge < -0.3 is 9.80 Å². The minimum absolute atomic E-state index is 0.00411. The number of nitrogens with zero attached hydrogens (tertiary/aromatic N) is 2. The molecule has 1 saturated heterocycles. The van der Waals surface area contributed by atoms with E-state index in [4.69, 9.17) is 0 Å². The number of carbonyl (C=O) groups is 2. The summed E-state index contributed by atoms with van der Waals surface area (Å²) < 4.78 is 12.8. The van der Waals surface area contributed by atoms with Gasteiger partial charge in [0.25, 0.3) is 5.91 Å². The number of benzene rings is 1. The van der Waals surface area contributed by atoms with Crippen LogP contribution in [-0.4, -0.2) is 37.2 Å². The van der Waals surface area contributed by atoms with E-state index in [1.807, 2.05) is 0 Å². The fourth-order valence-electron chi connectivity index (χ4n) is 1.78. The first-order valence-electron chi connectivity index (χ1n) is 5.48. The van der Waals surface area contributed by atoms with Gasteiger partial charge in [0, 0.05) is 26.0 Å². The Labute approximate surface area is 104 Å². The molecule has 2 rings (SSSR count). The molecule has 0 aromatic heterocycles. The maximum atomic E-state index is 12.8. The van der Waals surface area contributed by atoms with Gasteiger partial charge in [-0.15, -0.1) is 0 Å². The van der Waals surface area contributed by atoms with Gasteiger partial charge in [-0.2, -0.15) is 0 Å². The minimum atomic E-state index is -0.374. The molecule has 1 aromatic rings. The number of anilines is 1. The first-order chi connectivity index (χ1) is 8.49. The molecular formula is C13H13FN2O2. The molecule has 0 radical (unpaired) electrons. The highest BCUT2D eigenvalue weighted by molar-refractivity contribution is 6.31. The summed E-state index contributed by atoms with van der Waals surface area (Å²) in [6, 6.07) is 5.50. The van der Waals surface area contributed by atoms with Gasteiger partial charge in [-0.1, -0.05) is 0 Å². The smallest absolute Gasteiger partial charge is 0.263 e. The number of hydrogen-bond donors (Lipinski definition) is 0. The lowest BCUT2D eigenvalue weighted by atomic mass is 10.2. The van der Waals surface area contributed by atoms with E-state index in [1.54, 1.807) is 19.0 Å². The second-order valence-corrected chi connectivity index (χ2v) is 4.30. The third kappa shape index (κ3) is 2.25. The predicted octanol–water partition coefficient (Wildman–Crippen LogP) is 1.19. The van der Waals surface area contributed by atoms with Crippen LogP contribution in [0.25, 0.3) is 0 Å². The fraction of sp³-hybridized carbons (Fsp3) is 0.231. The number of halogens is 1. The van der Waals surface area contributed by atoms with Gasteiger partial charge in [0.2, 0.25) is 0 Å². The summed E-state index contributed by atoms with van der Waals surface area (Å²) in [6.45, 7) is 0.00411. The van der Waals surface area contributed by atoms with Crippen molar-refractivity contribution in [2.75, 3.05) is 25.5 Å². The monoisotopic (exact) mass is 248 g/mol. The lowest BCUT2D eigenvalue weighted by molar-refractivity contribution is -0.116. The second kappa shape index (κ2) is 4.60. The van der Waals surface area contributed by atoms with Crippen molar-refractivity contribution in [3.8, 4) is 0 Å². The van der Waals surface area contributed by atoms with E-state index < -0.39 is 0 Å². The summed E-state index contributed by atoms with van der Waals surface area (Å²) >= 11 is 0. The SMILES string of the molecule is CN(C)/C=C1\C(=O)CN(c2ccc(F)cc2)C1=O. The van der Waals surface area contributed by atoms with Gasteiger partial charge in [0.1, 0.15) is 11.4 Å². The van der Waals surface area contributed by atoms with Crippen LogP contribution in [-0.2, 0) is 9.59 Å². The second-order valence-electron chi connectivity index (χ2n) is 4.30. The molecule has 4 nitrogen and oxygen atoms in total. The normalized spacial score (nSPS) is 17.7. The van der Waals surface area contributed by atoms with Crippen LogP contribution in [0.2, 0.25) is 0 Å². The van der Waals surface area contributed by atoms with E-state index in [9.17, 15) is 14.0 Å². The highest BCUT2D eigenvalue weighted by atomic mass is 19.1. The van der Waals surface area contributed by atoms with Gasteiger partial charge in [-0.05, 0) is 24.3 Å². The molecule has 18 heavy (non-hydrogen) atoms. The fourth-order valence-corrected chi connectivity index (χ4v) is 1.78. The average molecular weight is 248 g/mol. The summed E-state index contributed by atoms with van der Waals surface area (Å²) in [5, 5.41) is 0. The number of rotatable bonds is 2. The largest absolute Gasteiger partial charge is 0.383 e. The molecule has 0 saturated carbocycles. The van der Waals surface area contributed by atoms with Crippen LogP contribution in [0.15, 0.2) is 36.0 Å². The molecule has 1 amide bonds. The lowest BCUT2D eigenvalue weighted by Crippen LogP contribution is -2.25. The van der Waals surface area contributed by atoms with Crippen LogP contribution < -0.4 is 4.90 Å². The molecule has 5 heteroatoms. The van der Waals surface area contributed by atoms with Crippen LogP contribution in [0.4, 0.5) is 10.1 Å². The molecule has 1 aliphatic heterocycles. The Morgan fingerprint density at radius 3 is 2.39 bits per heavy atom. The molecule has 1 aliphatic rings. The number of carbonyl (C=O) groups excluding carboxylic acids is 2. The van der Waals surface area contributed by atoms with Gasteiger partial charge in [-0.3, -0.25) is 9.59 Å². The maximum absolute atomic E-state index is 12.8. The Kier molecular flexibility index (Phi) is 3.14. The van der Waals surface area contributed by atoms with Gasteiger partial charge in [-0.25, -0.2) is 4.39 Å². The molecule has 1 fully saturated rings. The van der Waals surface area contributed by atoms with Crippen LogP contribution >= 0.6 is 0 Å². The molecular weight excluding hydrogens is 235 g/mol. The first kappa shape index (κ1) is 12.3. The van der Waals surface area contributed by atoms with E-state index in [0.29, 0.717) is 5.69 Å². The van der Waals surface area contributed by atoms with E-state index in [-0.39, 0.29) is 29.6 Å². The van der Waals surface area contributed by atoms with Gasteiger partial charge in [0.15, 0.2) is 5.78 Å². The van der Waals surface area contributed by atoms with Crippen molar-refractivity contribution in [1.82, 2.24) is 4.90 Å². The summed E-state index contributed by atoms with van der Waals surface area (Å²) in [5.41, 5.74) is 0.682. The Bertz CT molecular complexity index is 520. The number of Topliss-reactive ketones (excluding diaryl/α,β-unsaturated/α-hetero) is 1. The van der Waals surface area contributed by atoms with Crippen molar-refractivity contribution in [2.45, 2.75) is 0 Å². The highest BCUT2D eigenvalue weighted by Gasteiger charge is 2.34. The van der Waals surface area contributed by atoms with Crippen molar-refractivity contribution in [1.29, 1.82) is 0 Å². The van der Waals surface area contributed by atoms with E-state index in [2.05, 4.69) is 0 Å². The minimum Gasteiger partial charge on any atom is -0.383 e. The molecule has 94 valence electrons. The van der Waals surface area contributed by atoms with Gasteiger partial charge >= 0.3 is 0 Å². The maximum Gasteiger partial charge on any atom is 0.263 e. The Balaban J connectivity index is 2.31. The van der Waals surface area contributed by atoms with E-state index >= 15 is 0 Å². The summed E-state index contributed by atoms with van der Waals surface area (Å²) in [6.07, 6.45) is 1.51. The molecule has 0 atom stereocenters. The Morgan fingerprint density at radius 1 is 1.22 bits per heavy atom. The summed E-state index contributed by atoms with van der Waals surface area (Å²) in [4.78, 5) is 26.8. The van der Waals surface area contributed by atoms with Gasteiger partial charge in [0.05, 0.1) is 6.54 Å². The van der Waals surface area contributed by atoms with Crippen LogP contribution in [0, 0.1) is 5.82 Å². The van der Waals surface area contributed by atoms with Crippen LogP contribution in [0.3, 0.4) is 0 Å². The van der Waals surface area contributed by atoms with Crippen molar-refractivity contribution in [3.63, 3.8) is 0 Å². The lowest BCUT2D eigenvalue weighted by Gasteiger charge is -2.14. The standard InChI is InChI=1S/C13H13FN2O2/c1-15(2)7-11-12(17)8-16(13(11)18)10-5-3-9(14)4-6-10/h3-7H,8H2,1-2H3/b11-7+. The summed E-state index contributed by atoms with van der Waals surface area (Å²) in [5.74, 6) is -0.945. The first-order valence-corrected chi connectivity index (χ1v) is 5.48. The molecule has 1 heterocycles. The molecule has 0 bridgehead atoms. The van der Waals surface area contributed by atoms with E-state index in [0.717, 1.165) is 0 Å². The number of ketones is 1. The zero-order chi connectivity index (χ0) is 13.3. The number of hydrogen-bond acceptors (Lipinski definition) is 3. The Morgan fingerprint density at radius 2 is 1.83 bits per heavy atom. The quantitative estimate of drug-likeness (QED) is 0.583. The van der Waals surface area contributed by atoms with Crippen LogP contribution in [0.1, 0.15) is 0 Å². The molecule has 0 N–H and O–H groups in total. The zero-order valence-electron chi connectivity index (χ0n) is 10.2. The van der Waals surface area contributed by atoms with Crippen molar-refractivity contribution in [2.24, 2.45) is 0 Å². The molecule has 1 aromatic carbocycles. The third-order valence-electron chi connectivity index (χ3n) is 2.60. The van der Waals surface area contributed by atoms with Crippen molar-refractivity contribution < 1.29 is 14.0 Å². The van der Waals surface area contributed by atoms with Crippen molar-refractivity contribution in [3.05, 3.63) is 41.9 Å². The van der Waals surface area contributed by atoms with Crippen molar-refractivity contribution >= 4 is 17.4 Å². The number of amides is 1. The molecule has 0 aliphatic carbocycles. The topological polar surface area (TPSA) is 40.6 Å². The van der Waals surface area contributed by atoms with Crippen LogP contribution in [0.5, 0.6) is 0 Å². The molecule has 0 unspecified atom stereocenters. The average Bonchev–Trinajstić information content (AvgIpc) is 2.58. The zero-order valence-corrected chi connectivity index (χ0v) is 10.2. The Hall–Kier alpha value is -2.17. The van der Waals surface area contributed by atoms with E-state index in [1.165, 1.54) is 35.4 Å².